The first-order valence-electron chi connectivity index (χ1n) is 4.97. The molecule has 1 fully saturated rings. The molecule has 0 saturated heterocycles. The van der Waals surface area contributed by atoms with Crippen LogP contribution in [-0.2, 0) is 13.5 Å². The number of nitrogens with zero attached hydrogens (tertiary/aromatic N) is 4. The van der Waals surface area contributed by atoms with Gasteiger partial charge in [0.2, 0.25) is 0 Å². The summed E-state index contributed by atoms with van der Waals surface area (Å²) in [5.74, 6) is 7.09. The minimum atomic E-state index is 0.284. The highest BCUT2D eigenvalue weighted by atomic mass is 15.6. The van der Waals surface area contributed by atoms with Crippen molar-refractivity contribution in [2.24, 2.45) is 18.8 Å². The van der Waals surface area contributed by atoms with Crippen LogP contribution in [0.3, 0.4) is 0 Å². The summed E-state index contributed by atoms with van der Waals surface area (Å²) in [5, 5.41) is 11.8. The van der Waals surface area contributed by atoms with Crippen molar-refractivity contribution >= 4 is 0 Å². The highest BCUT2D eigenvalue weighted by Gasteiger charge is 2.25. The fraction of sp³-hybridized carbons (Fsp3) is 0.875. The Balaban J connectivity index is 1.86. The summed E-state index contributed by atoms with van der Waals surface area (Å²) in [6.45, 7) is 0. The molecule has 1 heterocycles. The fourth-order valence-electron chi connectivity index (χ4n) is 1.59. The average Bonchev–Trinajstić information content (AvgIpc) is 2.89. The number of rotatable bonds is 5. The molecule has 1 aliphatic rings. The van der Waals surface area contributed by atoms with E-state index in [2.05, 4.69) is 20.8 Å². The molecule has 78 valence electrons. The molecule has 1 atom stereocenters. The molecule has 1 aromatic rings. The maximum atomic E-state index is 5.47. The van der Waals surface area contributed by atoms with Gasteiger partial charge in [-0.05, 0) is 17.6 Å². The minimum Gasteiger partial charge on any atom is -0.271 e. The summed E-state index contributed by atoms with van der Waals surface area (Å²) < 4.78 is 0. The fourth-order valence-corrected chi connectivity index (χ4v) is 1.59. The standard InChI is InChI=1S/C8H16N6/c1-14-12-8(11-13-14)5-7(10-9)4-6-2-3-6/h6-7,10H,2-5,9H2,1H3. The first kappa shape index (κ1) is 9.54. The number of hydrazine groups is 1. The molecule has 1 unspecified atom stereocenters. The van der Waals surface area contributed by atoms with E-state index in [-0.39, 0.29) is 6.04 Å². The Morgan fingerprint density at radius 3 is 2.93 bits per heavy atom. The number of aryl methyl sites for hydroxylation is 1. The summed E-state index contributed by atoms with van der Waals surface area (Å²) in [6, 6.07) is 0.284. The van der Waals surface area contributed by atoms with Crippen molar-refractivity contribution in [1.82, 2.24) is 25.6 Å². The van der Waals surface area contributed by atoms with Crippen LogP contribution in [0.4, 0.5) is 0 Å². The quantitative estimate of drug-likeness (QED) is 0.485. The first-order valence-corrected chi connectivity index (χ1v) is 4.97. The molecule has 0 bridgehead atoms. The van der Waals surface area contributed by atoms with Gasteiger partial charge in [0.15, 0.2) is 5.82 Å². The Morgan fingerprint density at radius 2 is 2.43 bits per heavy atom. The van der Waals surface area contributed by atoms with E-state index in [1.54, 1.807) is 7.05 Å². The highest BCUT2D eigenvalue weighted by molar-refractivity contribution is 4.87. The molecule has 3 N–H and O–H groups in total. The summed E-state index contributed by atoms with van der Waals surface area (Å²) in [7, 11) is 1.77. The third-order valence-electron chi connectivity index (χ3n) is 2.53. The zero-order valence-corrected chi connectivity index (χ0v) is 8.35. The Bertz CT molecular complexity index is 292. The number of nitrogens with one attached hydrogen (secondary N) is 1. The van der Waals surface area contributed by atoms with Gasteiger partial charge in [-0.3, -0.25) is 11.3 Å². The molecule has 1 saturated carbocycles. The summed E-state index contributed by atoms with van der Waals surface area (Å²) in [4.78, 5) is 1.47. The predicted molar refractivity (Wildman–Crippen MR) is 51.0 cm³/mol. The van der Waals surface area contributed by atoms with Gasteiger partial charge in [-0.2, -0.15) is 4.80 Å². The van der Waals surface area contributed by atoms with E-state index in [1.165, 1.54) is 17.6 Å². The molecule has 6 heteroatoms. The van der Waals surface area contributed by atoms with Crippen LogP contribution in [0.1, 0.15) is 25.1 Å². The lowest BCUT2D eigenvalue weighted by Gasteiger charge is -2.12. The zero-order chi connectivity index (χ0) is 9.97. The van der Waals surface area contributed by atoms with Crippen molar-refractivity contribution < 1.29 is 0 Å². The lowest BCUT2D eigenvalue weighted by atomic mass is 10.1. The molecular weight excluding hydrogens is 180 g/mol. The predicted octanol–water partition coefficient (Wildman–Crippen LogP) is -0.615. The third-order valence-corrected chi connectivity index (χ3v) is 2.53. The molecule has 0 spiro atoms. The Labute approximate surface area is 82.8 Å². The van der Waals surface area contributed by atoms with Gasteiger partial charge in [0.25, 0.3) is 0 Å². The number of hydrogen-bond acceptors (Lipinski definition) is 5. The number of nitrogens with two attached hydrogens (primary N) is 1. The van der Waals surface area contributed by atoms with Crippen molar-refractivity contribution in [3.8, 4) is 0 Å². The van der Waals surface area contributed by atoms with Crippen LogP contribution < -0.4 is 11.3 Å². The Kier molecular flexibility index (Phi) is 2.74. The van der Waals surface area contributed by atoms with Crippen molar-refractivity contribution in [2.75, 3.05) is 0 Å². The lowest BCUT2D eigenvalue weighted by Crippen LogP contribution is -2.37. The van der Waals surface area contributed by atoms with Gasteiger partial charge in [0, 0.05) is 12.5 Å². The molecule has 0 aromatic carbocycles. The maximum absolute atomic E-state index is 5.47. The van der Waals surface area contributed by atoms with Crippen LogP contribution >= 0.6 is 0 Å². The van der Waals surface area contributed by atoms with Gasteiger partial charge in [0.05, 0.1) is 7.05 Å². The highest BCUT2D eigenvalue weighted by Crippen LogP contribution is 2.33. The number of hydrogen-bond donors (Lipinski definition) is 2. The summed E-state index contributed by atoms with van der Waals surface area (Å²) in [5.41, 5.74) is 2.81. The van der Waals surface area contributed by atoms with E-state index in [9.17, 15) is 0 Å². The van der Waals surface area contributed by atoms with Gasteiger partial charge in [-0.1, -0.05) is 12.8 Å². The second kappa shape index (κ2) is 4.02. The molecular formula is C8H16N6. The monoisotopic (exact) mass is 196 g/mol. The van der Waals surface area contributed by atoms with E-state index in [0.717, 1.165) is 24.6 Å². The SMILES string of the molecule is Cn1nnc(CC(CC2CC2)NN)n1. The van der Waals surface area contributed by atoms with Crippen LogP contribution in [-0.4, -0.2) is 26.2 Å². The van der Waals surface area contributed by atoms with Crippen LogP contribution in [0, 0.1) is 5.92 Å². The second-order valence-electron chi connectivity index (χ2n) is 3.94. The smallest absolute Gasteiger partial charge is 0.176 e. The molecule has 1 aromatic heterocycles. The van der Waals surface area contributed by atoms with Crippen molar-refractivity contribution in [2.45, 2.75) is 31.7 Å². The normalized spacial score (nSPS) is 18.4. The molecule has 0 aliphatic heterocycles. The van der Waals surface area contributed by atoms with E-state index in [1.807, 2.05) is 0 Å². The summed E-state index contributed by atoms with van der Waals surface area (Å²) >= 11 is 0. The first-order chi connectivity index (χ1) is 6.78. The van der Waals surface area contributed by atoms with Crippen LogP contribution in [0.15, 0.2) is 0 Å². The number of tetrazole rings is 1. The van der Waals surface area contributed by atoms with E-state index in [0.29, 0.717) is 0 Å². The van der Waals surface area contributed by atoms with Gasteiger partial charge >= 0.3 is 0 Å². The third kappa shape index (κ3) is 2.49. The van der Waals surface area contributed by atoms with Crippen LogP contribution in [0.5, 0.6) is 0 Å². The van der Waals surface area contributed by atoms with Crippen molar-refractivity contribution in [1.29, 1.82) is 0 Å². The second-order valence-corrected chi connectivity index (χ2v) is 3.94. The Morgan fingerprint density at radius 1 is 1.64 bits per heavy atom. The number of aromatic nitrogens is 4. The molecule has 2 rings (SSSR count). The average molecular weight is 196 g/mol. The van der Waals surface area contributed by atoms with E-state index >= 15 is 0 Å². The van der Waals surface area contributed by atoms with Crippen LogP contribution in [0.2, 0.25) is 0 Å². The maximum Gasteiger partial charge on any atom is 0.176 e. The van der Waals surface area contributed by atoms with Crippen LogP contribution in [0.25, 0.3) is 0 Å². The summed E-state index contributed by atoms with van der Waals surface area (Å²) in [6.07, 6.45) is 4.56. The molecule has 0 amide bonds. The van der Waals surface area contributed by atoms with Crippen molar-refractivity contribution in [3.63, 3.8) is 0 Å². The van der Waals surface area contributed by atoms with E-state index < -0.39 is 0 Å². The topological polar surface area (TPSA) is 81.7 Å². The lowest BCUT2D eigenvalue weighted by molar-refractivity contribution is 0.457. The van der Waals surface area contributed by atoms with Gasteiger partial charge in [-0.25, -0.2) is 0 Å². The zero-order valence-electron chi connectivity index (χ0n) is 8.35. The van der Waals surface area contributed by atoms with Crippen molar-refractivity contribution in [3.05, 3.63) is 5.82 Å². The molecule has 1 aliphatic carbocycles. The van der Waals surface area contributed by atoms with Gasteiger partial charge in [-0.15, -0.1) is 10.2 Å². The van der Waals surface area contributed by atoms with Gasteiger partial charge in [0.1, 0.15) is 0 Å². The van der Waals surface area contributed by atoms with Gasteiger partial charge < -0.3 is 0 Å². The van der Waals surface area contributed by atoms with E-state index in [4.69, 9.17) is 5.84 Å². The largest absolute Gasteiger partial charge is 0.271 e. The minimum absolute atomic E-state index is 0.284. The molecule has 14 heavy (non-hydrogen) atoms. The Hall–Kier alpha value is -1.01. The molecule has 6 nitrogen and oxygen atoms in total. The molecule has 0 radical (unpaired) electrons.